The Labute approximate surface area is 149 Å². The quantitative estimate of drug-likeness (QED) is 0.823. The molecule has 0 aromatic heterocycles. The van der Waals surface area contributed by atoms with E-state index in [1.54, 1.807) is 0 Å². The number of nitrogens with one attached hydrogen (secondary N) is 1. The molecule has 1 aliphatic heterocycles. The molecular weight excluding hydrogens is 312 g/mol. The van der Waals surface area contributed by atoms with Crippen LogP contribution in [0.1, 0.15) is 27.9 Å². The molecule has 1 fully saturated rings. The monoisotopic (exact) mass is 338 g/mol. The summed E-state index contributed by atoms with van der Waals surface area (Å²) in [6, 6.07) is 16.4. The molecule has 0 unspecified atom stereocenters. The predicted molar refractivity (Wildman–Crippen MR) is 101 cm³/mol. The molecule has 4 heteroatoms. The number of morpholine rings is 1. The normalized spacial score (nSPS) is 14.4. The highest BCUT2D eigenvalue weighted by Gasteiger charge is 2.11. The van der Waals surface area contributed by atoms with Crippen molar-refractivity contribution in [1.29, 1.82) is 0 Å². The third kappa shape index (κ3) is 4.83. The van der Waals surface area contributed by atoms with Gasteiger partial charge in [0.15, 0.2) is 0 Å². The van der Waals surface area contributed by atoms with Crippen molar-refractivity contribution in [3.05, 3.63) is 65.2 Å². The SMILES string of the molecule is Cc1ccccc1C(=O)NCCCc1ccc(N2CCOCC2)cc1. The molecule has 1 heterocycles. The number of nitrogens with zero attached hydrogens (tertiary/aromatic N) is 1. The number of carbonyl (C=O) groups excluding carboxylic acids is 1. The zero-order chi connectivity index (χ0) is 17.5. The number of benzene rings is 2. The highest BCUT2D eigenvalue weighted by atomic mass is 16.5. The molecule has 1 aliphatic rings. The fourth-order valence-electron chi connectivity index (χ4n) is 3.11. The maximum atomic E-state index is 12.2. The van der Waals surface area contributed by atoms with Crippen LogP contribution < -0.4 is 10.2 Å². The third-order valence-corrected chi connectivity index (χ3v) is 4.63. The van der Waals surface area contributed by atoms with Crippen molar-refractivity contribution in [3.8, 4) is 0 Å². The highest BCUT2D eigenvalue weighted by molar-refractivity contribution is 5.95. The Hall–Kier alpha value is -2.33. The van der Waals surface area contributed by atoms with Crippen LogP contribution in [0, 0.1) is 6.92 Å². The van der Waals surface area contributed by atoms with Crippen LogP contribution in [0.3, 0.4) is 0 Å². The lowest BCUT2D eigenvalue weighted by Gasteiger charge is -2.28. The summed E-state index contributed by atoms with van der Waals surface area (Å²) in [4.78, 5) is 14.5. The van der Waals surface area contributed by atoms with Crippen molar-refractivity contribution < 1.29 is 9.53 Å². The zero-order valence-electron chi connectivity index (χ0n) is 14.8. The van der Waals surface area contributed by atoms with Gasteiger partial charge in [-0.15, -0.1) is 0 Å². The standard InChI is InChI=1S/C21H26N2O2/c1-17-5-2-3-7-20(17)21(24)22-12-4-6-18-8-10-19(11-9-18)23-13-15-25-16-14-23/h2-3,5,7-11H,4,6,12-16H2,1H3,(H,22,24). The summed E-state index contributed by atoms with van der Waals surface area (Å²) >= 11 is 0. The summed E-state index contributed by atoms with van der Waals surface area (Å²) in [6.45, 7) is 6.20. The van der Waals surface area contributed by atoms with E-state index in [0.717, 1.165) is 50.3 Å². The van der Waals surface area contributed by atoms with E-state index in [2.05, 4.69) is 34.5 Å². The summed E-state index contributed by atoms with van der Waals surface area (Å²) in [5.74, 6) is 0.0146. The second-order valence-electron chi connectivity index (χ2n) is 6.44. The Morgan fingerprint density at radius 3 is 2.52 bits per heavy atom. The van der Waals surface area contributed by atoms with Crippen molar-refractivity contribution in [2.45, 2.75) is 19.8 Å². The van der Waals surface area contributed by atoms with Crippen molar-refractivity contribution in [3.63, 3.8) is 0 Å². The Balaban J connectivity index is 1.43. The van der Waals surface area contributed by atoms with Gasteiger partial charge in [-0.3, -0.25) is 4.79 Å². The van der Waals surface area contributed by atoms with Gasteiger partial charge < -0.3 is 15.0 Å². The van der Waals surface area contributed by atoms with Crippen molar-refractivity contribution in [2.24, 2.45) is 0 Å². The minimum atomic E-state index is 0.0146. The topological polar surface area (TPSA) is 41.6 Å². The first-order chi connectivity index (χ1) is 12.2. The molecule has 1 N–H and O–H groups in total. The summed E-state index contributed by atoms with van der Waals surface area (Å²) in [5.41, 5.74) is 4.35. The number of rotatable bonds is 6. The van der Waals surface area contributed by atoms with E-state index in [1.807, 2.05) is 31.2 Å². The number of anilines is 1. The summed E-state index contributed by atoms with van der Waals surface area (Å²) in [5, 5.41) is 3.01. The van der Waals surface area contributed by atoms with Crippen LogP contribution in [-0.2, 0) is 11.2 Å². The number of hydrogen-bond acceptors (Lipinski definition) is 3. The predicted octanol–water partition coefficient (Wildman–Crippen LogP) is 3.19. The Kier molecular flexibility index (Phi) is 6.07. The van der Waals surface area contributed by atoms with Crippen LogP contribution >= 0.6 is 0 Å². The molecular formula is C21H26N2O2. The van der Waals surface area contributed by atoms with Gasteiger partial charge in [-0.25, -0.2) is 0 Å². The van der Waals surface area contributed by atoms with Gasteiger partial charge in [-0.05, 0) is 49.1 Å². The largest absolute Gasteiger partial charge is 0.378 e. The first-order valence-corrected chi connectivity index (χ1v) is 8.99. The first kappa shape index (κ1) is 17.5. The molecule has 1 saturated heterocycles. The molecule has 0 atom stereocenters. The van der Waals surface area contributed by atoms with Gasteiger partial charge in [0.2, 0.25) is 0 Å². The van der Waals surface area contributed by atoms with Crippen LogP contribution in [0.5, 0.6) is 0 Å². The van der Waals surface area contributed by atoms with Crippen molar-refractivity contribution >= 4 is 11.6 Å². The average Bonchev–Trinajstić information content (AvgIpc) is 2.66. The van der Waals surface area contributed by atoms with E-state index in [1.165, 1.54) is 11.3 Å². The van der Waals surface area contributed by atoms with Gasteiger partial charge in [-0.1, -0.05) is 30.3 Å². The maximum Gasteiger partial charge on any atom is 0.251 e. The molecule has 0 aliphatic carbocycles. The molecule has 0 bridgehead atoms. The smallest absolute Gasteiger partial charge is 0.251 e. The number of aryl methyl sites for hydroxylation is 2. The summed E-state index contributed by atoms with van der Waals surface area (Å²) in [7, 11) is 0. The van der Waals surface area contributed by atoms with Gasteiger partial charge in [0.05, 0.1) is 13.2 Å². The van der Waals surface area contributed by atoms with E-state index in [0.29, 0.717) is 6.54 Å². The Bertz CT molecular complexity index is 691. The number of ether oxygens (including phenoxy) is 1. The van der Waals surface area contributed by atoms with Crippen molar-refractivity contribution in [1.82, 2.24) is 5.32 Å². The number of carbonyl (C=O) groups is 1. The molecule has 4 nitrogen and oxygen atoms in total. The van der Waals surface area contributed by atoms with Gasteiger partial charge in [-0.2, -0.15) is 0 Å². The van der Waals surface area contributed by atoms with Crippen LogP contribution in [0.2, 0.25) is 0 Å². The van der Waals surface area contributed by atoms with Gasteiger partial charge in [0, 0.05) is 30.9 Å². The van der Waals surface area contributed by atoms with E-state index >= 15 is 0 Å². The highest BCUT2D eigenvalue weighted by Crippen LogP contribution is 2.17. The minimum absolute atomic E-state index is 0.0146. The molecule has 1 amide bonds. The lowest BCUT2D eigenvalue weighted by atomic mass is 10.1. The average molecular weight is 338 g/mol. The zero-order valence-corrected chi connectivity index (χ0v) is 14.8. The molecule has 2 aromatic rings. The molecule has 132 valence electrons. The number of amides is 1. The van der Waals surface area contributed by atoms with Gasteiger partial charge in [0.1, 0.15) is 0 Å². The van der Waals surface area contributed by atoms with Gasteiger partial charge >= 0.3 is 0 Å². The lowest BCUT2D eigenvalue weighted by Crippen LogP contribution is -2.36. The molecule has 0 radical (unpaired) electrons. The van der Waals surface area contributed by atoms with Gasteiger partial charge in [0.25, 0.3) is 5.91 Å². The van der Waals surface area contributed by atoms with E-state index in [-0.39, 0.29) is 5.91 Å². The van der Waals surface area contributed by atoms with E-state index in [4.69, 9.17) is 4.74 Å². The minimum Gasteiger partial charge on any atom is -0.378 e. The molecule has 0 saturated carbocycles. The van der Waals surface area contributed by atoms with Crippen LogP contribution in [0.4, 0.5) is 5.69 Å². The second kappa shape index (κ2) is 8.67. The van der Waals surface area contributed by atoms with E-state index in [9.17, 15) is 4.79 Å². The Morgan fingerprint density at radius 2 is 1.80 bits per heavy atom. The maximum absolute atomic E-state index is 12.2. The molecule has 3 rings (SSSR count). The third-order valence-electron chi connectivity index (χ3n) is 4.63. The Morgan fingerprint density at radius 1 is 1.08 bits per heavy atom. The first-order valence-electron chi connectivity index (χ1n) is 8.99. The molecule has 2 aromatic carbocycles. The summed E-state index contributed by atoms with van der Waals surface area (Å²) < 4.78 is 5.39. The molecule has 25 heavy (non-hydrogen) atoms. The van der Waals surface area contributed by atoms with Crippen LogP contribution in [0.15, 0.2) is 48.5 Å². The van der Waals surface area contributed by atoms with Crippen LogP contribution in [0.25, 0.3) is 0 Å². The van der Waals surface area contributed by atoms with E-state index < -0.39 is 0 Å². The fourth-order valence-corrected chi connectivity index (χ4v) is 3.11. The van der Waals surface area contributed by atoms with Crippen LogP contribution in [-0.4, -0.2) is 38.8 Å². The van der Waals surface area contributed by atoms with Crippen molar-refractivity contribution in [2.75, 3.05) is 37.7 Å². The second-order valence-corrected chi connectivity index (χ2v) is 6.44. The number of hydrogen-bond donors (Lipinski definition) is 1. The fraction of sp³-hybridized carbons (Fsp3) is 0.381. The molecule has 0 spiro atoms. The summed E-state index contributed by atoms with van der Waals surface area (Å²) in [6.07, 6.45) is 1.91. The lowest BCUT2D eigenvalue weighted by molar-refractivity contribution is 0.0952.